The first kappa shape index (κ1) is 18.9. The molecule has 4 rings (SSSR count). The minimum atomic E-state index is 0.104. The number of carbonyl (C=O) groups is 1. The van der Waals surface area contributed by atoms with Gasteiger partial charge in [0.25, 0.3) is 5.91 Å². The second-order valence-corrected chi connectivity index (χ2v) is 7.69. The van der Waals surface area contributed by atoms with Crippen molar-refractivity contribution in [1.29, 1.82) is 0 Å². The third-order valence-corrected chi connectivity index (χ3v) is 5.83. The molecule has 1 aromatic carbocycles. The number of amides is 1. The highest BCUT2D eigenvalue weighted by Gasteiger charge is 2.23. The number of rotatable bonds is 3. The number of ether oxygens (including phenoxy) is 1. The Kier molecular flexibility index (Phi) is 6.22. The highest BCUT2D eigenvalue weighted by molar-refractivity contribution is 5.94. The molecule has 2 fully saturated rings. The first-order valence-electron chi connectivity index (χ1n) is 10.4. The second-order valence-electron chi connectivity index (χ2n) is 7.69. The molecule has 2 aromatic rings. The van der Waals surface area contributed by atoms with E-state index in [1.54, 1.807) is 6.20 Å². The Morgan fingerprint density at radius 3 is 2.64 bits per heavy atom. The van der Waals surface area contributed by atoms with Gasteiger partial charge >= 0.3 is 0 Å². The number of likely N-dealkylation sites (tertiary alicyclic amines) is 1. The topological polar surface area (TPSA) is 45.7 Å². The molecular formula is C23H29N3O2. The van der Waals surface area contributed by atoms with E-state index in [1.165, 1.54) is 5.56 Å². The zero-order chi connectivity index (χ0) is 19.2. The molecule has 0 spiro atoms. The zero-order valence-corrected chi connectivity index (χ0v) is 16.4. The van der Waals surface area contributed by atoms with Crippen LogP contribution in [0.3, 0.4) is 0 Å². The molecule has 1 atom stereocenters. The van der Waals surface area contributed by atoms with Gasteiger partial charge < -0.3 is 14.5 Å². The fourth-order valence-electron chi connectivity index (χ4n) is 4.22. The number of hydrogen-bond donors (Lipinski definition) is 0. The number of anilines is 1. The summed E-state index contributed by atoms with van der Waals surface area (Å²) in [6, 6.07) is 14.6. The molecule has 0 aliphatic carbocycles. The molecule has 5 nitrogen and oxygen atoms in total. The van der Waals surface area contributed by atoms with Gasteiger partial charge in [0, 0.05) is 39.0 Å². The maximum atomic E-state index is 13.0. The van der Waals surface area contributed by atoms with Crippen molar-refractivity contribution in [3.63, 3.8) is 0 Å². The first-order valence-corrected chi connectivity index (χ1v) is 10.4. The summed E-state index contributed by atoms with van der Waals surface area (Å²) in [7, 11) is 0. The Bertz CT molecular complexity index is 755. The van der Waals surface area contributed by atoms with Crippen LogP contribution in [-0.2, 0) is 4.74 Å². The summed E-state index contributed by atoms with van der Waals surface area (Å²) in [6.07, 6.45) is 5.96. The maximum Gasteiger partial charge on any atom is 0.255 e. The minimum Gasteiger partial charge on any atom is -0.380 e. The highest BCUT2D eigenvalue weighted by Crippen LogP contribution is 2.28. The smallest absolute Gasteiger partial charge is 0.255 e. The van der Waals surface area contributed by atoms with Crippen molar-refractivity contribution in [1.82, 2.24) is 9.88 Å². The van der Waals surface area contributed by atoms with E-state index in [9.17, 15) is 4.79 Å². The SMILES string of the molecule is O=C(c1ccc(N2CCCOCC2)nc1)N1CCC[C@H](c2ccccc2)CC1. The lowest BCUT2D eigenvalue weighted by Gasteiger charge is -2.22. The highest BCUT2D eigenvalue weighted by atomic mass is 16.5. The van der Waals surface area contributed by atoms with E-state index in [4.69, 9.17) is 4.74 Å². The summed E-state index contributed by atoms with van der Waals surface area (Å²) in [4.78, 5) is 21.8. The van der Waals surface area contributed by atoms with E-state index >= 15 is 0 Å². The van der Waals surface area contributed by atoms with Crippen LogP contribution in [0, 0.1) is 0 Å². The molecule has 2 saturated heterocycles. The molecule has 3 heterocycles. The van der Waals surface area contributed by atoms with Crippen LogP contribution in [-0.4, -0.2) is 55.2 Å². The number of benzene rings is 1. The lowest BCUT2D eigenvalue weighted by Crippen LogP contribution is -2.32. The van der Waals surface area contributed by atoms with Crippen LogP contribution < -0.4 is 4.90 Å². The summed E-state index contributed by atoms with van der Waals surface area (Å²) in [5, 5.41) is 0. The molecule has 2 aliphatic heterocycles. The summed E-state index contributed by atoms with van der Waals surface area (Å²) < 4.78 is 5.51. The monoisotopic (exact) mass is 379 g/mol. The normalized spacial score (nSPS) is 21.1. The molecule has 0 radical (unpaired) electrons. The van der Waals surface area contributed by atoms with Crippen LogP contribution in [0.1, 0.15) is 47.5 Å². The average Bonchev–Trinajstić information content (AvgIpc) is 3.17. The molecule has 0 bridgehead atoms. The molecule has 28 heavy (non-hydrogen) atoms. The van der Waals surface area contributed by atoms with Crippen LogP contribution >= 0.6 is 0 Å². The van der Waals surface area contributed by atoms with E-state index in [2.05, 4.69) is 40.2 Å². The Hall–Kier alpha value is -2.40. The fourth-order valence-corrected chi connectivity index (χ4v) is 4.22. The molecule has 0 saturated carbocycles. The van der Waals surface area contributed by atoms with E-state index in [-0.39, 0.29) is 5.91 Å². The van der Waals surface area contributed by atoms with Crippen LogP contribution in [0.25, 0.3) is 0 Å². The summed E-state index contributed by atoms with van der Waals surface area (Å²) in [5.41, 5.74) is 2.08. The van der Waals surface area contributed by atoms with Crippen molar-refractivity contribution < 1.29 is 9.53 Å². The fraction of sp³-hybridized carbons (Fsp3) is 0.478. The van der Waals surface area contributed by atoms with Gasteiger partial charge in [-0.15, -0.1) is 0 Å². The summed E-state index contributed by atoms with van der Waals surface area (Å²) >= 11 is 0. The van der Waals surface area contributed by atoms with Gasteiger partial charge in [0.1, 0.15) is 5.82 Å². The van der Waals surface area contributed by atoms with Crippen LogP contribution in [0.2, 0.25) is 0 Å². The van der Waals surface area contributed by atoms with E-state index in [1.807, 2.05) is 17.0 Å². The maximum absolute atomic E-state index is 13.0. The molecule has 1 amide bonds. The van der Waals surface area contributed by atoms with Crippen LogP contribution in [0.5, 0.6) is 0 Å². The van der Waals surface area contributed by atoms with E-state index < -0.39 is 0 Å². The van der Waals surface area contributed by atoms with Gasteiger partial charge in [-0.2, -0.15) is 0 Å². The van der Waals surface area contributed by atoms with Gasteiger partial charge in [-0.05, 0) is 49.3 Å². The molecule has 148 valence electrons. The van der Waals surface area contributed by atoms with Crippen LogP contribution in [0.4, 0.5) is 5.82 Å². The first-order chi connectivity index (χ1) is 13.8. The van der Waals surface area contributed by atoms with Crippen molar-refractivity contribution >= 4 is 11.7 Å². The quantitative estimate of drug-likeness (QED) is 0.815. The molecule has 0 unspecified atom stereocenters. The standard InChI is InChI=1S/C23H29N3O2/c27-23(21-9-10-22(24-18-21)25-13-5-16-28-17-15-25)26-12-4-8-20(11-14-26)19-6-2-1-3-7-19/h1-3,6-7,9-10,18,20H,4-5,8,11-17H2/t20-/m0/s1. The van der Waals surface area contributed by atoms with Crippen molar-refractivity contribution in [2.45, 2.75) is 31.6 Å². The zero-order valence-electron chi connectivity index (χ0n) is 16.4. The van der Waals surface area contributed by atoms with Crippen molar-refractivity contribution in [3.05, 3.63) is 59.8 Å². The molecule has 5 heteroatoms. The van der Waals surface area contributed by atoms with Gasteiger partial charge in [-0.1, -0.05) is 30.3 Å². The molecule has 1 aromatic heterocycles. The number of carbonyl (C=O) groups excluding carboxylic acids is 1. The van der Waals surface area contributed by atoms with Gasteiger partial charge in [-0.25, -0.2) is 4.98 Å². The Labute approximate surface area is 167 Å². The van der Waals surface area contributed by atoms with Gasteiger partial charge in [-0.3, -0.25) is 4.79 Å². The average molecular weight is 380 g/mol. The van der Waals surface area contributed by atoms with Crippen molar-refractivity contribution in [2.24, 2.45) is 0 Å². The largest absolute Gasteiger partial charge is 0.380 e. The van der Waals surface area contributed by atoms with Gasteiger partial charge in [0.15, 0.2) is 0 Å². The lowest BCUT2D eigenvalue weighted by atomic mass is 9.92. The predicted molar refractivity (Wildman–Crippen MR) is 111 cm³/mol. The van der Waals surface area contributed by atoms with E-state index in [0.717, 1.165) is 70.9 Å². The van der Waals surface area contributed by atoms with Crippen molar-refractivity contribution in [2.75, 3.05) is 44.3 Å². The van der Waals surface area contributed by atoms with Gasteiger partial charge in [0.05, 0.1) is 12.2 Å². The van der Waals surface area contributed by atoms with E-state index in [0.29, 0.717) is 11.5 Å². The summed E-state index contributed by atoms with van der Waals surface area (Å²) in [6.45, 7) is 4.99. The Morgan fingerprint density at radius 1 is 0.929 bits per heavy atom. The number of pyridine rings is 1. The molecule has 2 aliphatic rings. The number of hydrogen-bond acceptors (Lipinski definition) is 4. The molecular weight excluding hydrogens is 350 g/mol. The molecule has 0 N–H and O–H groups in total. The second kappa shape index (κ2) is 9.20. The number of aromatic nitrogens is 1. The minimum absolute atomic E-state index is 0.104. The lowest BCUT2D eigenvalue weighted by molar-refractivity contribution is 0.0760. The van der Waals surface area contributed by atoms with Crippen LogP contribution in [0.15, 0.2) is 48.7 Å². The predicted octanol–water partition coefficient (Wildman–Crippen LogP) is 3.72. The van der Waals surface area contributed by atoms with Crippen molar-refractivity contribution in [3.8, 4) is 0 Å². The Morgan fingerprint density at radius 2 is 1.82 bits per heavy atom. The number of nitrogens with zero attached hydrogens (tertiary/aromatic N) is 3. The third kappa shape index (κ3) is 4.53. The summed E-state index contributed by atoms with van der Waals surface area (Å²) in [5.74, 6) is 1.58. The Balaban J connectivity index is 1.38. The third-order valence-electron chi connectivity index (χ3n) is 5.83. The van der Waals surface area contributed by atoms with Gasteiger partial charge in [0.2, 0.25) is 0 Å².